The fraction of sp³-hybridized carbons (Fsp3) is 0.320. The lowest BCUT2D eigenvalue weighted by Gasteiger charge is -2.31. The minimum atomic E-state index is 0.0295. The minimum absolute atomic E-state index is 0.0295. The highest BCUT2D eigenvalue weighted by atomic mass is 32.2. The molecule has 1 aliphatic heterocycles. The van der Waals surface area contributed by atoms with Crippen molar-refractivity contribution >= 4 is 23.4 Å². The van der Waals surface area contributed by atoms with Crippen molar-refractivity contribution in [2.75, 3.05) is 31.8 Å². The van der Waals surface area contributed by atoms with Crippen LogP contribution in [0.5, 0.6) is 5.75 Å². The van der Waals surface area contributed by atoms with Crippen LogP contribution in [0.2, 0.25) is 0 Å². The Morgan fingerprint density at radius 3 is 2.47 bits per heavy atom. The van der Waals surface area contributed by atoms with Crippen LogP contribution in [0.3, 0.4) is 0 Å². The van der Waals surface area contributed by atoms with Gasteiger partial charge in [0.25, 0.3) is 0 Å². The number of nitrogens with one attached hydrogen (secondary N) is 1. The van der Waals surface area contributed by atoms with Crippen molar-refractivity contribution in [3.63, 3.8) is 0 Å². The average Bonchev–Trinajstić information content (AvgIpc) is 2.85. The van der Waals surface area contributed by atoms with Crippen LogP contribution < -0.4 is 10.1 Å². The number of likely N-dealkylation sites (tertiary alicyclic amines) is 1. The van der Waals surface area contributed by atoms with Crippen LogP contribution in [0.25, 0.3) is 11.1 Å². The van der Waals surface area contributed by atoms with E-state index >= 15 is 0 Å². The third kappa shape index (κ3) is 5.66. The second-order valence-electron chi connectivity index (χ2n) is 7.93. The lowest BCUT2D eigenvalue weighted by atomic mass is 9.95. The van der Waals surface area contributed by atoms with Gasteiger partial charge in [-0.3, -0.25) is 9.69 Å². The first-order valence-corrected chi connectivity index (χ1v) is 12.0. The maximum absolute atomic E-state index is 12.9. The number of nitrogens with zero attached hydrogens (tertiary/aromatic N) is 3. The number of ether oxygens (including phenoxy) is 1. The molecule has 1 amide bonds. The van der Waals surface area contributed by atoms with Gasteiger partial charge in [-0.05, 0) is 67.6 Å². The summed E-state index contributed by atoms with van der Waals surface area (Å²) in [5.41, 5.74) is 4.04. The van der Waals surface area contributed by atoms with Gasteiger partial charge in [0.1, 0.15) is 5.75 Å². The molecule has 0 unspecified atom stereocenters. The van der Waals surface area contributed by atoms with E-state index < -0.39 is 0 Å². The van der Waals surface area contributed by atoms with Crippen LogP contribution in [-0.4, -0.2) is 47.2 Å². The molecule has 3 aromatic rings. The Morgan fingerprint density at radius 2 is 1.78 bits per heavy atom. The summed E-state index contributed by atoms with van der Waals surface area (Å²) in [4.78, 5) is 23.9. The molecular formula is C25H28N4O2S. The Morgan fingerprint density at radius 1 is 1.09 bits per heavy atom. The van der Waals surface area contributed by atoms with Gasteiger partial charge in [0.15, 0.2) is 5.16 Å². The second-order valence-corrected chi connectivity index (χ2v) is 8.70. The largest absolute Gasteiger partial charge is 0.497 e. The molecule has 0 spiro atoms. The van der Waals surface area contributed by atoms with E-state index in [1.54, 1.807) is 18.9 Å². The number of piperidine rings is 1. The number of anilines is 1. The summed E-state index contributed by atoms with van der Waals surface area (Å²) in [7, 11) is 1.66. The highest BCUT2D eigenvalue weighted by Gasteiger charge is 2.25. The van der Waals surface area contributed by atoms with Gasteiger partial charge in [-0.2, -0.15) is 0 Å². The van der Waals surface area contributed by atoms with Crippen molar-refractivity contribution in [2.45, 2.75) is 24.5 Å². The number of rotatable bonds is 7. The topological polar surface area (TPSA) is 67.3 Å². The average molecular weight is 449 g/mol. The van der Waals surface area contributed by atoms with Gasteiger partial charge < -0.3 is 10.1 Å². The highest BCUT2D eigenvalue weighted by Crippen LogP contribution is 2.27. The number of thioether (sulfide) groups is 1. The molecule has 7 heteroatoms. The summed E-state index contributed by atoms with van der Waals surface area (Å²) in [6, 6.07) is 15.9. The molecule has 166 valence electrons. The number of benzene rings is 2. The Balaban J connectivity index is 1.32. The monoisotopic (exact) mass is 448 g/mol. The van der Waals surface area contributed by atoms with E-state index in [-0.39, 0.29) is 11.8 Å². The molecule has 0 aliphatic carbocycles. The number of aromatic nitrogens is 2. The maximum atomic E-state index is 12.9. The quantitative estimate of drug-likeness (QED) is 0.417. The Hall–Kier alpha value is -2.90. The van der Waals surface area contributed by atoms with Crippen LogP contribution in [-0.2, 0) is 11.3 Å². The zero-order chi connectivity index (χ0) is 22.3. The maximum Gasteiger partial charge on any atom is 0.227 e. The molecule has 0 bridgehead atoms. The number of hydrogen-bond acceptors (Lipinski definition) is 6. The van der Waals surface area contributed by atoms with E-state index in [0.29, 0.717) is 0 Å². The predicted molar refractivity (Wildman–Crippen MR) is 129 cm³/mol. The molecule has 1 fully saturated rings. The number of methoxy groups -OCH3 is 1. The fourth-order valence-corrected chi connectivity index (χ4v) is 4.28. The van der Waals surface area contributed by atoms with Gasteiger partial charge >= 0.3 is 0 Å². The molecule has 6 nitrogen and oxygen atoms in total. The van der Waals surface area contributed by atoms with Crippen LogP contribution >= 0.6 is 11.8 Å². The molecule has 1 N–H and O–H groups in total. The van der Waals surface area contributed by atoms with E-state index in [4.69, 9.17) is 4.74 Å². The van der Waals surface area contributed by atoms with Gasteiger partial charge in [0, 0.05) is 36.1 Å². The standard InChI is InChI=1S/C25H28N4O2S/c1-31-23-8-4-6-21(14-23)20-5-3-7-22(13-20)28-24(30)19-9-11-29(12-10-19)17-18-15-26-25(32-2)27-16-18/h3-8,13-16,19H,9-12,17H2,1-2H3,(H,28,30). The summed E-state index contributed by atoms with van der Waals surface area (Å²) in [6.07, 6.45) is 7.47. The van der Waals surface area contributed by atoms with Gasteiger partial charge in [-0.15, -0.1) is 0 Å². The van der Waals surface area contributed by atoms with Crippen molar-refractivity contribution in [3.8, 4) is 16.9 Å². The van der Waals surface area contributed by atoms with Gasteiger partial charge in [0.05, 0.1) is 7.11 Å². The summed E-state index contributed by atoms with van der Waals surface area (Å²) >= 11 is 1.54. The molecule has 1 aromatic heterocycles. The first-order valence-electron chi connectivity index (χ1n) is 10.8. The lowest BCUT2D eigenvalue weighted by molar-refractivity contribution is -0.121. The van der Waals surface area contributed by atoms with Crippen LogP contribution in [0.1, 0.15) is 18.4 Å². The highest BCUT2D eigenvalue weighted by molar-refractivity contribution is 7.98. The minimum Gasteiger partial charge on any atom is -0.497 e. The van der Waals surface area contributed by atoms with E-state index in [0.717, 1.165) is 65.8 Å². The van der Waals surface area contributed by atoms with Gasteiger partial charge in [0.2, 0.25) is 5.91 Å². The molecule has 2 aromatic carbocycles. The van der Waals surface area contributed by atoms with E-state index in [2.05, 4.69) is 20.2 Å². The first-order chi connectivity index (χ1) is 15.6. The van der Waals surface area contributed by atoms with E-state index in [1.165, 1.54) is 0 Å². The summed E-state index contributed by atoms with van der Waals surface area (Å²) < 4.78 is 5.33. The second kappa shape index (κ2) is 10.6. The van der Waals surface area contributed by atoms with Crippen molar-refractivity contribution in [1.29, 1.82) is 0 Å². The zero-order valence-corrected chi connectivity index (χ0v) is 19.3. The third-order valence-corrected chi connectivity index (χ3v) is 6.34. The predicted octanol–water partition coefficient (Wildman–Crippen LogP) is 4.72. The van der Waals surface area contributed by atoms with Crippen molar-refractivity contribution in [2.24, 2.45) is 5.92 Å². The number of carbonyl (C=O) groups is 1. The van der Waals surface area contributed by atoms with Crippen LogP contribution in [0.4, 0.5) is 5.69 Å². The smallest absolute Gasteiger partial charge is 0.227 e. The molecule has 1 saturated heterocycles. The van der Waals surface area contributed by atoms with Gasteiger partial charge in [-0.1, -0.05) is 36.0 Å². The van der Waals surface area contributed by atoms with E-state index in [1.807, 2.05) is 67.2 Å². The molecule has 0 saturated carbocycles. The number of amides is 1. The summed E-state index contributed by atoms with van der Waals surface area (Å²) in [5, 5.41) is 3.91. The number of hydrogen-bond donors (Lipinski definition) is 1. The van der Waals surface area contributed by atoms with Gasteiger partial charge in [-0.25, -0.2) is 9.97 Å². The molecular weight excluding hydrogens is 420 g/mol. The Labute approximate surface area is 193 Å². The lowest BCUT2D eigenvalue weighted by Crippen LogP contribution is -2.37. The Kier molecular flexibility index (Phi) is 7.39. The summed E-state index contributed by atoms with van der Waals surface area (Å²) in [5.74, 6) is 0.942. The molecule has 32 heavy (non-hydrogen) atoms. The molecule has 2 heterocycles. The van der Waals surface area contributed by atoms with Crippen LogP contribution in [0.15, 0.2) is 66.1 Å². The molecule has 0 radical (unpaired) electrons. The molecule has 0 atom stereocenters. The fourth-order valence-electron chi connectivity index (χ4n) is 3.96. The third-order valence-electron chi connectivity index (χ3n) is 5.76. The number of carbonyl (C=O) groups excluding carboxylic acids is 1. The zero-order valence-electron chi connectivity index (χ0n) is 18.5. The van der Waals surface area contributed by atoms with E-state index in [9.17, 15) is 4.79 Å². The van der Waals surface area contributed by atoms with Crippen molar-refractivity contribution in [3.05, 3.63) is 66.5 Å². The van der Waals surface area contributed by atoms with Crippen molar-refractivity contribution in [1.82, 2.24) is 14.9 Å². The SMILES string of the molecule is COc1cccc(-c2cccc(NC(=O)C3CCN(Cc4cnc(SC)nc4)CC3)c2)c1. The molecule has 1 aliphatic rings. The van der Waals surface area contributed by atoms with Crippen LogP contribution in [0, 0.1) is 5.92 Å². The molecule has 4 rings (SSSR count). The summed E-state index contributed by atoms with van der Waals surface area (Å²) in [6.45, 7) is 2.62. The van der Waals surface area contributed by atoms with Crippen molar-refractivity contribution < 1.29 is 9.53 Å². The Bertz CT molecular complexity index is 1050. The first kappa shape index (κ1) is 22.3. The normalized spacial score (nSPS) is 14.8.